The topological polar surface area (TPSA) is 58.2 Å². The van der Waals surface area contributed by atoms with Crippen LogP contribution in [0.3, 0.4) is 0 Å². The van der Waals surface area contributed by atoms with E-state index in [-0.39, 0.29) is 18.4 Å². The summed E-state index contributed by atoms with van der Waals surface area (Å²) in [5.74, 6) is 0.0421. The van der Waals surface area contributed by atoms with E-state index in [1.807, 2.05) is 0 Å². The number of nitrogens with one attached hydrogen (secondary N) is 2. The first-order valence-corrected chi connectivity index (χ1v) is 7.39. The summed E-state index contributed by atoms with van der Waals surface area (Å²) in [6, 6.07) is 6.41. The minimum absolute atomic E-state index is 0.0417. The molecule has 1 aromatic rings. The molecule has 1 aliphatic carbocycles. The van der Waals surface area contributed by atoms with Crippen LogP contribution in [0.15, 0.2) is 23.1 Å². The van der Waals surface area contributed by atoms with Crippen LogP contribution in [0.4, 0.5) is 0 Å². The normalized spacial score (nSPS) is 12.9. The molecular formula is C14H18N2O2S. The highest BCUT2D eigenvalue weighted by Gasteiger charge is 2.11. The van der Waals surface area contributed by atoms with Gasteiger partial charge in [-0.05, 0) is 42.5 Å². The van der Waals surface area contributed by atoms with Crippen molar-refractivity contribution >= 4 is 23.6 Å². The Morgan fingerprint density at radius 1 is 1.21 bits per heavy atom. The van der Waals surface area contributed by atoms with Gasteiger partial charge >= 0.3 is 0 Å². The van der Waals surface area contributed by atoms with E-state index in [1.54, 1.807) is 7.05 Å². The van der Waals surface area contributed by atoms with Gasteiger partial charge in [0.25, 0.3) is 0 Å². The molecule has 0 saturated carbocycles. The number of aryl methyl sites for hydroxylation is 2. The number of hydrogen-bond donors (Lipinski definition) is 2. The molecule has 0 fully saturated rings. The van der Waals surface area contributed by atoms with Gasteiger partial charge in [-0.25, -0.2) is 0 Å². The summed E-state index contributed by atoms with van der Waals surface area (Å²) in [4.78, 5) is 23.7. The van der Waals surface area contributed by atoms with Gasteiger partial charge in [-0.2, -0.15) is 0 Å². The van der Waals surface area contributed by atoms with E-state index in [4.69, 9.17) is 0 Å². The van der Waals surface area contributed by atoms with Crippen molar-refractivity contribution in [2.45, 2.75) is 24.2 Å². The third-order valence-electron chi connectivity index (χ3n) is 3.16. The molecule has 0 saturated heterocycles. The molecule has 19 heavy (non-hydrogen) atoms. The molecule has 0 spiro atoms. The fourth-order valence-electron chi connectivity index (χ4n) is 2.11. The molecule has 5 heteroatoms. The quantitative estimate of drug-likeness (QED) is 0.794. The van der Waals surface area contributed by atoms with Crippen molar-refractivity contribution in [3.05, 3.63) is 29.3 Å². The molecule has 0 heterocycles. The van der Waals surface area contributed by atoms with Crippen molar-refractivity contribution in [3.8, 4) is 0 Å². The van der Waals surface area contributed by atoms with E-state index < -0.39 is 0 Å². The van der Waals surface area contributed by atoms with Crippen LogP contribution < -0.4 is 10.6 Å². The zero-order valence-corrected chi connectivity index (χ0v) is 11.8. The Morgan fingerprint density at radius 3 is 2.79 bits per heavy atom. The van der Waals surface area contributed by atoms with Crippen LogP contribution >= 0.6 is 11.8 Å². The predicted molar refractivity (Wildman–Crippen MR) is 76.3 cm³/mol. The molecule has 4 nitrogen and oxygen atoms in total. The fraction of sp³-hybridized carbons (Fsp3) is 0.429. The maximum atomic E-state index is 11.6. The van der Waals surface area contributed by atoms with Crippen LogP contribution in [0.25, 0.3) is 0 Å². The second-order valence-electron chi connectivity index (χ2n) is 4.52. The summed E-state index contributed by atoms with van der Waals surface area (Å²) in [6.45, 7) is 0.0417. The molecule has 2 N–H and O–H groups in total. The predicted octanol–water partition coefficient (Wildman–Crippen LogP) is 1.13. The summed E-state index contributed by atoms with van der Waals surface area (Å²) in [7, 11) is 1.55. The molecule has 2 amide bonds. The highest BCUT2D eigenvalue weighted by molar-refractivity contribution is 8.00. The molecule has 102 valence electrons. The lowest BCUT2D eigenvalue weighted by molar-refractivity contribution is -0.124. The highest BCUT2D eigenvalue weighted by Crippen LogP contribution is 2.27. The second-order valence-corrected chi connectivity index (χ2v) is 5.57. The molecule has 2 rings (SSSR count). The SMILES string of the molecule is CNC(=O)CNC(=O)CSc1ccc2c(c1)CCC2. The minimum atomic E-state index is -0.184. The first kappa shape index (κ1) is 13.9. The zero-order chi connectivity index (χ0) is 13.7. The van der Waals surface area contributed by atoms with Crippen molar-refractivity contribution in [3.63, 3.8) is 0 Å². The smallest absolute Gasteiger partial charge is 0.239 e. The summed E-state index contributed by atoms with van der Waals surface area (Å²) in [5, 5.41) is 5.05. The van der Waals surface area contributed by atoms with Crippen molar-refractivity contribution in [1.82, 2.24) is 10.6 Å². The maximum absolute atomic E-state index is 11.6. The van der Waals surface area contributed by atoms with Crippen LogP contribution in [0.1, 0.15) is 17.5 Å². The molecule has 0 bridgehead atoms. The largest absolute Gasteiger partial charge is 0.358 e. The average molecular weight is 278 g/mol. The van der Waals surface area contributed by atoms with E-state index in [1.165, 1.54) is 35.7 Å². The average Bonchev–Trinajstić information content (AvgIpc) is 2.89. The summed E-state index contributed by atoms with van der Waals surface area (Å²) < 4.78 is 0. The molecule has 0 aliphatic heterocycles. The number of fused-ring (bicyclic) bond motifs is 1. The van der Waals surface area contributed by atoms with Crippen LogP contribution in [0, 0.1) is 0 Å². The number of thioether (sulfide) groups is 1. The Bertz CT molecular complexity index is 488. The number of carbonyl (C=O) groups excluding carboxylic acids is 2. The van der Waals surface area contributed by atoms with E-state index in [2.05, 4.69) is 28.8 Å². The molecule has 1 aromatic carbocycles. The molecule has 0 radical (unpaired) electrons. The van der Waals surface area contributed by atoms with Crippen molar-refractivity contribution < 1.29 is 9.59 Å². The van der Waals surface area contributed by atoms with Gasteiger partial charge in [-0.1, -0.05) is 6.07 Å². The Morgan fingerprint density at radius 2 is 2.00 bits per heavy atom. The van der Waals surface area contributed by atoms with Gasteiger partial charge < -0.3 is 10.6 Å². The molecule has 0 aromatic heterocycles. The third-order valence-corrected chi connectivity index (χ3v) is 4.16. The summed E-state index contributed by atoms with van der Waals surface area (Å²) in [6.07, 6.45) is 3.55. The molecule has 0 unspecified atom stereocenters. The maximum Gasteiger partial charge on any atom is 0.239 e. The number of hydrogen-bond acceptors (Lipinski definition) is 3. The van der Waals surface area contributed by atoms with Gasteiger partial charge in [0.15, 0.2) is 0 Å². The van der Waals surface area contributed by atoms with Crippen LogP contribution in [0.2, 0.25) is 0 Å². The monoisotopic (exact) mass is 278 g/mol. The summed E-state index contributed by atoms with van der Waals surface area (Å²) >= 11 is 1.51. The Kier molecular flexibility index (Phi) is 4.85. The van der Waals surface area contributed by atoms with E-state index in [9.17, 15) is 9.59 Å². The number of likely N-dealkylation sites (N-methyl/N-ethyl adjacent to an activating group) is 1. The number of carbonyl (C=O) groups is 2. The summed E-state index contributed by atoms with van der Waals surface area (Å²) in [5.41, 5.74) is 2.85. The lowest BCUT2D eigenvalue weighted by atomic mass is 10.1. The lowest BCUT2D eigenvalue weighted by Crippen LogP contribution is -2.35. The number of amides is 2. The standard InChI is InChI=1S/C14H18N2O2S/c1-15-13(17)8-16-14(18)9-19-12-6-5-10-3-2-4-11(10)7-12/h5-7H,2-4,8-9H2,1H3,(H,15,17)(H,16,18). The Labute approximate surface area is 117 Å². The van der Waals surface area contributed by atoms with Crippen molar-refractivity contribution in [2.24, 2.45) is 0 Å². The number of rotatable bonds is 5. The molecule has 0 atom stereocenters. The van der Waals surface area contributed by atoms with Crippen LogP contribution in [0.5, 0.6) is 0 Å². The Balaban J connectivity index is 1.79. The van der Waals surface area contributed by atoms with Gasteiger partial charge in [-0.3, -0.25) is 9.59 Å². The highest BCUT2D eigenvalue weighted by atomic mass is 32.2. The van der Waals surface area contributed by atoms with Crippen LogP contribution in [-0.2, 0) is 22.4 Å². The van der Waals surface area contributed by atoms with E-state index in [0.29, 0.717) is 5.75 Å². The van der Waals surface area contributed by atoms with Gasteiger partial charge in [0.2, 0.25) is 11.8 Å². The second kappa shape index (κ2) is 6.61. The van der Waals surface area contributed by atoms with Gasteiger partial charge in [-0.15, -0.1) is 11.8 Å². The third kappa shape index (κ3) is 3.99. The van der Waals surface area contributed by atoms with Crippen molar-refractivity contribution in [1.29, 1.82) is 0 Å². The first-order valence-electron chi connectivity index (χ1n) is 6.41. The van der Waals surface area contributed by atoms with E-state index >= 15 is 0 Å². The number of benzene rings is 1. The van der Waals surface area contributed by atoms with Gasteiger partial charge in [0, 0.05) is 11.9 Å². The van der Waals surface area contributed by atoms with Gasteiger partial charge in [0.05, 0.1) is 12.3 Å². The van der Waals surface area contributed by atoms with Gasteiger partial charge in [0.1, 0.15) is 0 Å². The minimum Gasteiger partial charge on any atom is -0.358 e. The zero-order valence-electron chi connectivity index (χ0n) is 11.0. The van der Waals surface area contributed by atoms with Crippen molar-refractivity contribution in [2.75, 3.05) is 19.3 Å². The molecule has 1 aliphatic rings. The van der Waals surface area contributed by atoms with E-state index in [0.717, 1.165) is 11.3 Å². The molecular weight excluding hydrogens is 260 g/mol. The first-order chi connectivity index (χ1) is 9.19. The lowest BCUT2D eigenvalue weighted by Gasteiger charge is -2.06. The Hall–Kier alpha value is -1.49. The fourth-order valence-corrected chi connectivity index (χ4v) is 2.89. The van der Waals surface area contributed by atoms with Crippen LogP contribution in [-0.4, -0.2) is 31.2 Å².